The molecule has 0 atom stereocenters. The summed E-state index contributed by atoms with van der Waals surface area (Å²) in [4.78, 5) is 25.1. The largest absolute Gasteiger partial charge is 0.495 e. The number of benzene rings is 3. The molecular formula is C26H20ClN3O5. The Morgan fingerprint density at radius 2 is 1.74 bits per heavy atom. The second kappa shape index (κ2) is 9.44. The van der Waals surface area contributed by atoms with E-state index in [2.05, 4.69) is 16.0 Å². The molecule has 0 saturated carbocycles. The number of halogens is 1. The van der Waals surface area contributed by atoms with E-state index in [4.69, 9.17) is 25.2 Å². The van der Waals surface area contributed by atoms with E-state index in [1.54, 1.807) is 43.5 Å². The first-order chi connectivity index (χ1) is 17.0. The summed E-state index contributed by atoms with van der Waals surface area (Å²) in [6.45, 7) is -0.0768. The summed E-state index contributed by atoms with van der Waals surface area (Å²) in [6.07, 6.45) is 1.41. The molecule has 5 aromatic rings. The van der Waals surface area contributed by atoms with Crippen LogP contribution in [-0.2, 0) is 4.79 Å². The molecule has 0 unspecified atom stereocenters. The predicted octanol–water partition coefficient (Wildman–Crippen LogP) is 6.14. The van der Waals surface area contributed by atoms with E-state index in [1.165, 1.54) is 6.26 Å². The topological polar surface area (TPSA) is 106 Å². The summed E-state index contributed by atoms with van der Waals surface area (Å²) in [7, 11) is 1.54. The van der Waals surface area contributed by atoms with Crippen LogP contribution in [0.1, 0.15) is 10.6 Å². The van der Waals surface area contributed by atoms with Crippen LogP contribution in [0.25, 0.3) is 21.9 Å². The van der Waals surface area contributed by atoms with Crippen LogP contribution in [0.15, 0.2) is 81.8 Å². The number of nitrogens with one attached hydrogen (secondary N) is 3. The lowest BCUT2D eigenvalue weighted by Crippen LogP contribution is -2.23. The molecule has 0 saturated heterocycles. The van der Waals surface area contributed by atoms with Gasteiger partial charge in [0.05, 0.1) is 37.0 Å². The third kappa shape index (κ3) is 4.64. The highest BCUT2D eigenvalue weighted by molar-refractivity contribution is 6.31. The Labute approximate surface area is 204 Å². The molecule has 0 bridgehead atoms. The average molecular weight is 490 g/mol. The summed E-state index contributed by atoms with van der Waals surface area (Å²) in [5, 5.41) is 10.9. The van der Waals surface area contributed by atoms with Gasteiger partial charge in [0.2, 0.25) is 5.91 Å². The zero-order chi connectivity index (χ0) is 24.4. The molecule has 0 spiro atoms. The van der Waals surface area contributed by atoms with Crippen molar-refractivity contribution in [1.82, 2.24) is 0 Å². The number of para-hydroxylation sites is 1. The van der Waals surface area contributed by atoms with Crippen LogP contribution in [0.3, 0.4) is 0 Å². The zero-order valence-corrected chi connectivity index (χ0v) is 19.3. The summed E-state index contributed by atoms with van der Waals surface area (Å²) in [5.41, 5.74) is 2.79. The molecule has 8 nitrogen and oxygen atoms in total. The molecule has 0 aliphatic carbocycles. The van der Waals surface area contributed by atoms with Crippen molar-refractivity contribution in [3.63, 3.8) is 0 Å². The minimum atomic E-state index is -0.436. The summed E-state index contributed by atoms with van der Waals surface area (Å²) < 4.78 is 16.5. The molecule has 176 valence electrons. The molecule has 2 aromatic heterocycles. The van der Waals surface area contributed by atoms with E-state index in [0.717, 1.165) is 16.4 Å². The Bertz CT molecular complexity index is 1540. The lowest BCUT2D eigenvalue weighted by molar-refractivity contribution is -0.114. The van der Waals surface area contributed by atoms with Crippen molar-refractivity contribution in [1.29, 1.82) is 0 Å². The second-order valence-electron chi connectivity index (χ2n) is 7.67. The minimum Gasteiger partial charge on any atom is -0.495 e. The third-order valence-corrected chi connectivity index (χ3v) is 5.62. The van der Waals surface area contributed by atoms with Crippen LogP contribution in [0.5, 0.6) is 5.75 Å². The number of furan rings is 2. The lowest BCUT2D eigenvalue weighted by Gasteiger charge is -2.14. The minimum absolute atomic E-state index is 0.0768. The fraction of sp³-hybridized carbons (Fsp3) is 0.0769. The van der Waals surface area contributed by atoms with Gasteiger partial charge in [-0.3, -0.25) is 9.59 Å². The smallest absolute Gasteiger partial charge is 0.291 e. The van der Waals surface area contributed by atoms with Gasteiger partial charge in [-0.2, -0.15) is 0 Å². The van der Waals surface area contributed by atoms with E-state index in [-0.39, 0.29) is 18.2 Å². The maximum atomic E-state index is 12.8. The van der Waals surface area contributed by atoms with Crippen molar-refractivity contribution >= 4 is 62.4 Å². The van der Waals surface area contributed by atoms with Crippen LogP contribution in [0, 0.1) is 0 Å². The molecule has 0 radical (unpaired) electrons. The normalized spacial score (nSPS) is 10.9. The fourth-order valence-electron chi connectivity index (χ4n) is 3.75. The van der Waals surface area contributed by atoms with Crippen LogP contribution < -0.4 is 20.7 Å². The number of hydrogen-bond acceptors (Lipinski definition) is 6. The Morgan fingerprint density at radius 3 is 2.54 bits per heavy atom. The first-order valence-electron chi connectivity index (χ1n) is 10.7. The van der Waals surface area contributed by atoms with E-state index < -0.39 is 5.91 Å². The molecule has 3 N–H and O–H groups in total. The number of methoxy groups -OCH3 is 1. The average Bonchev–Trinajstić information content (AvgIpc) is 3.51. The van der Waals surface area contributed by atoms with Crippen LogP contribution in [0.2, 0.25) is 5.02 Å². The maximum absolute atomic E-state index is 12.8. The third-order valence-electron chi connectivity index (χ3n) is 5.39. The van der Waals surface area contributed by atoms with Crippen molar-refractivity contribution < 1.29 is 23.2 Å². The molecule has 0 aliphatic heterocycles. The number of carbonyl (C=O) groups excluding carboxylic acids is 2. The van der Waals surface area contributed by atoms with Crippen molar-refractivity contribution in [2.24, 2.45) is 0 Å². The second-order valence-corrected chi connectivity index (χ2v) is 8.11. The summed E-state index contributed by atoms with van der Waals surface area (Å²) >= 11 is 6.10. The first-order valence-corrected chi connectivity index (χ1v) is 11.1. The number of rotatable bonds is 7. The number of hydrogen-bond donors (Lipinski definition) is 3. The molecule has 2 amide bonds. The maximum Gasteiger partial charge on any atom is 0.291 e. The van der Waals surface area contributed by atoms with Crippen molar-refractivity contribution in [2.45, 2.75) is 0 Å². The van der Waals surface area contributed by atoms with Gasteiger partial charge in [0.25, 0.3) is 5.91 Å². The Balaban J connectivity index is 1.32. The Kier molecular flexibility index (Phi) is 6.03. The van der Waals surface area contributed by atoms with Crippen LogP contribution in [-0.4, -0.2) is 25.5 Å². The Hall–Kier alpha value is -4.43. The van der Waals surface area contributed by atoms with Gasteiger partial charge in [0.1, 0.15) is 16.9 Å². The van der Waals surface area contributed by atoms with E-state index >= 15 is 0 Å². The standard InChI is InChI=1S/C26H20ClN3O5/c1-33-24-12-17-16-5-2-3-6-21(16)35-23(17)13-20(24)29-25(31)14-28-18-9-8-15(27)11-19(18)30-26(32)22-7-4-10-34-22/h2-13,28H,14H2,1H3,(H,29,31)(H,30,32). The van der Waals surface area contributed by atoms with Crippen molar-refractivity contribution in [2.75, 3.05) is 29.6 Å². The van der Waals surface area contributed by atoms with Gasteiger partial charge in [-0.15, -0.1) is 0 Å². The highest BCUT2D eigenvalue weighted by atomic mass is 35.5. The number of anilines is 3. The van der Waals surface area contributed by atoms with Gasteiger partial charge < -0.3 is 29.5 Å². The van der Waals surface area contributed by atoms with Gasteiger partial charge in [0, 0.05) is 21.9 Å². The van der Waals surface area contributed by atoms with Gasteiger partial charge in [-0.25, -0.2) is 0 Å². The SMILES string of the molecule is COc1cc2c(cc1NC(=O)CNc1ccc(Cl)cc1NC(=O)c1ccco1)oc1ccccc12. The molecule has 35 heavy (non-hydrogen) atoms. The summed E-state index contributed by atoms with van der Waals surface area (Å²) in [5.74, 6) is -0.0947. The molecule has 9 heteroatoms. The number of ether oxygens (including phenoxy) is 1. The van der Waals surface area contributed by atoms with Gasteiger partial charge in [-0.05, 0) is 42.5 Å². The molecule has 0 aliphatic rings. The molecule has 3 aromatic carbocycles. The van der Waals surface area contributed by atoms with E-state index in [9.17, 15) is 9.59 Å². The fourth-order valence-corrected chi connectivity index (χ4v) is 3.93. The molecular weight excluding hydrogens is 470 g/mol. The molecule has 0 fully saturated rings. The summed E-state index contributed by atoms with van der Waals surface area (Å²) in [6, 6.07) is 19.4. The van der Waals surface area contributed by atoms with Gasteiger partial charge in [0.15, 0.2) is 5.76 Å². The van der Waals surface area contributed by atoms with Gasteiger partial charge in [-0.1, -0.05) is 29.8 Å². The quantitative estimate of drug-likeness (QED) is 0.253. The van der Waals surface area contributed by atoms with Crippen LogP contribution in [0.4, 0.5) is 17.1 Å². The molecule has 5 rings (SSSR count). The zero-order valence-electron chi connectivity index (χ0n) is 18.6. The van der Waals surface area contributed by atoms with E-state index in [1.807, 2.05) is 30.3 Å². The van der Waals surface area contributed by atoms with Crippen molar-refractivity contribution in [3.05, 3.63) is 83.8 Å². The molecule has 2 heterocycles. The highest BCUT2D eigenvalue weighted by Crippen LogP contribution is 2.36. The van der Waals surface area contributed by atoms with Crippen molar-refractivity contribution in [3.8, 4) is 5.75 Å². The Morgan fingerprint density at radius 1 is 0.886 bits per heavy atom. The lowest BCUT2D eigenvalue weighted by atomic mass is 10.1. The van der Waals surface area contributed by atoms with E-state index in [0.29, 0.717) is 33.4 Å². The predicted molar refractivity (Wildman–Crippen MR) is 136 cm³/mol. The van der Waals surface area contributed by atoms with Crippen LogP contribution >= 0.6 is 11.6 Å². The number of fused-ring (bicyclic) bond motifs is 3. The monoisotopic (exact) mass is 489 g/mol. The highest BCUT2D eigenvalue weighted by Gasteiger charge is 2.16. The van der Waals surface area contributed by atoms with Gasteiger partial charge >= 0.3 is 0 Å². The number of carbonyl (C=O) groups is 2. The first kappa shape index (κ1) is 22.4. The number of amides is 2.